The predicted octanol–water partition coefficient (Wildman–Crippen LogP) is 2.77. The Balaban J connectivity index is 2.79. The van der Waals surface area contributed by atoms with Gasteiger partial charge in [0.05, 0.1) is 15.6 Å². The minimum Gasteiger partial charge on any atom is -0.396 e. The Morgan fingerprint density at radius 2 is 2.33 bits per heavy atom. The van der Waals surface area contributed by atoms with Crippen molar-refractivity contribution in [2.24, 2.45) is 0 Å². The average molecular weight is 291 g/mol. The number of hydrogen-bond donors (Lipinski definition) is 2. The van der Waals surface area contributed by atoms with Gasteiger partial charge in [-0.25, -0.2) is 0 Å². The average Bonchev–Trinajstić information content (AvgIpc) is 2.32. The first-order chi connectivity index (χ1) is 8.58. The van der Waals surface area contributed by atoms with E-state index in [2.05, 4.69) is 5.32 Å². The number of thioether (sulfide) groups is 1. The molecule has 0 fully saturated rings. The van der Waals surface area contributed by atoms with E-state index in [0.717, 1.165) is 5.75 Å². The summed E-state index contributed by atoms with van der Waals surface area (Å²) in [7, 11) is 0. The molecule has 0 bridgehead atoms. The third-order valence-corrected chi connectivity index (χ3v) is 3.42. The first kappa shape index (κ1) is 15.1. The Kier molecular flexibility index (Phi) is 6.24. The Labute approximate surface area is 115 Å². The van der Waals surface area contributed by atoms with Crippen LogP contribution in [0.4, 0.5) is 11.4 Å². The van der Waals surface area contributed by atoms with Crippen molar-refractivity contribution in [1.82, 2.24) is 0 Å². The molecule has 0 spiro atoms. The molecule has 1 aromatic carbocycles. The number of nitro benzene ring substituents is 1. The first-order valence-corrected chi connectivity index (χ1v) is 7.16. The fraction of sp³-hybridized carbons (Fsp3) is 0.455. The number of hydrogen-bond acceptors (Lipinski definition) is 5. The number of aliphatic hydroxyl groups excluding tert-OH is 1. The highest BCUT2D eigenvalue weighted by molar-refractivity contribution is 7.98. The minimum absolute atomic E-state index is 0.0332. The van der Waals surface area contributed by atoms with Gasteiger partial charge >= 0.3 is 0 Å². The molecule has 0 radical (unpaired) electrons. The number of rotatable bonds is 7. The van der Waals surface area contributed by atoms with E-state index >= 15 is 0 Å². The van der Waals surface area contributed by atoms with E-state index in [4.69, 9.17) is 16.7 Å². The second kappa shape index (κ2) is 7.45. The van der Waals surface area contributed by atoms with E-state index in [0.29, 0.717) is 17.1 Å². The topological polar surface area (TPSA) is 75.4 Å². The molecule has 100 valence electrons. The Morgan fingerprint density at radius 3 is 2.83 bits per heavy atom. The lowest BCUT2D eigenvalue weighted by Gasteiger charge is -2.18. The van der Waals surface area contributed by atoms with Gasteiger partial charge in [0, 0.05) is 30.5 Å². The molecule has 0 amide bonds. The van der Waals surface area contributed by atoms with Crippen LogP contribution in [0, 0.1) is 10.1 Å². The van der Waals surface area contributed by atoms with Crippen molar-refractivity contribution in [3.05, 3.63) is 33.3 Å². The molecule has 7 heteroatoms. The van der Waals surface area contributed by atoms with Crippen molar-refractivity contribution in [2.75, 3.05) is 23.9 Å². The van der Waals surface area contributed by atoms with Crippen LogP contribution in [0.25, 0.3) is 0 Å². The van der Waals surface area contributed by atoms with Crippen molar-refractivity contribution in [1.29, 1.82) is 0 Å². The normalized spacial score (nSPS) is 12.2. The summed E-state index contributed by atoms with van der Waals surface area (Å²) in [6.45, 7) is 0.0861. The summed E-state index contributed by atoms with van der Waals surface area (Å²) in [4.78, 5) is 10.1. The van der Waals surface area contributed by atoms with Crippen LogP contribution in [0.5, 0.6) is 0 Å². The fourth-order valence-corrected chi connectivity index (χ4v) is 2.39. The highest BCUT2D eigenvalue weighted by Gasteiger charge is 2.13. The molecule has 0 heterocycles. The number of halogens is 1. The third-order valence-electron chi connectivity index (χ3n) is 2.37. The SMILES string of the molecule is CSCC(CCO)Nc1ccc([N+](=O)[O-])cc1Cl. The number of non-ortho nitro benzene ring substituents is 1. The maximum absolute atomic E-state index is 10.6. The maximum atomic E-state index is 10.6. The standard InChI is InChI=1S/C11H15ClN2O3S/c1-18-7-8(4-5-15)13-11-3-2-9(14(16)17)6-10(11)12/h2-3,6,8,13,15H,4-5,7H2,1H3. The summed E-state index contributed by atoms with van der Waals surface area (Å²) >= 11 is 7.64. The molecular weight excluding hydrogens is 276 g/mol. The summed E-state index contributed by atoms with van der Waals surface area (Å²) in [5.41, 5.74) is 0.615. The van der Waals surface area contributed by atoms with Crippen molar-refractivity contribution in [3.8, 4) is 0 Å². The molecule has 0 aliphatic rings. The Hall–Kier alpha value is -0.980. The van der Waals surface area contributed by atoms with Gasteiger partial charge in [-0.15, -0.1) is 0 Å². The lowest BCUT2D eigenvalue weighted by atomic mass is 10.2. The number of benzene rings is 1. The van der Waals surface area contributed by atoms with Gasteiger partial charge in [0.25, 0.3) is 5.69 Å². The van der Waals surface area contributed by atoms with Gasteiger partial charge in [-0.05, 0) is 18.7 Å². The number of anilines is 1. The van der Waals surface area contributed by atoms with E-state index < -0.39 is 4.92 Å². The summed E-state index contributed by atoms with van der Waals surface area (Å²) in [6.07, 6.45) is 2.58. The van der Waals surface area contributed by atoms with Crippen LogP contribution in [0.2, 0.25) is 5.02 Å². The predicted molar refractivity (Wildman–Crippen MR) is 75.6 cm³/mol. The second-order valence-electron chi connectivity index (χ2n) is 3.73. The zero-order chi connectivity index (χ0) is 13.5. The van der Waals surface area contributed by atoms with Gasteiger partial charge in [0.2, 0.25) is 0 Å². The number of nitrogens with one attached hydrogen (secondary N) is 1. The lowest BCUT2D eigenvalue weighted by Crippen LogP contribution is -2.23. The van der Waals surface area contributed by atoms with Gasteiger partial charge in [-0.1, -0.05) is 11.6 Å². The van der Waals surface area contributed by atoms with Crippen molar-refractivity contribution in [3.63, 3.8) is 0 Å². The summed E-state index contributed by atoms with van der Waals surface area (Å²) in [6, 6.07) is 4.40. The molecule has 1 unspecified atom stereocenters. The van der Waals surface area contributed by atoms with Gasteiger partial charge in [0.15, 0.2) is 0 Å². The molecule has 0 saturated carbocycles. The number of nitro groups is 1. The Morgan fingerprint density at radius 1 is 1.61 bits per heavy atom. The molecular formula is C11H15ClN2O3S. The summed E-state index contributed by atoms with van der Waals surface area (Å²) < 4.78 is 0. The zero-order valence-electron chi connectivity index (χ0n) is 9.93. The first-order valence-electron chi connectivity index (χ1n) is 5.38. The van der Waals surface area contributed by atoms with Crippen molar-refractivity contribution in [2.45, 2.75) is 12.5 Å². The van der Waals surface area contributed by atoms with E-state index in [9.17, 15) is 10.1 Å². The highest BCUT2D eigenvalue weighted by Crippen LogP contribution is 2.27. The van der Waals surface area contributed by atoms with Gasteiger partial charge in [-0.3, -0.25) is 10.1 Å². The quantitative estimate of drug-likeness (QED) is 0.596. The van der Waals surface area contributed by atoms with Crippen LogP contribution in [0.1, 0.15) is 6.42 Å². The van der Waals surface area contributed by atoms with Gasteiger partial charge in [-0.2, -0.15) is 11.8 Å². The largest absolute Gasteiger partial charge is 0.396 e. The van der Waals surface area contributed by atoms with E-state index in [1.54, 1.807) is 17.8 Å². The maximum Gasteiger partial charge on any atom is 0.271 e. The molecule has 1 aromatic rings. The molecule has 0 aliphatic carbocycles. The van der Waals surface area contributed by atoms with Gasteiger partial charge in [0.1, 0.15) is 0 Å². The van der Waals surface area contributed by atoms with E-state index in [1.807, 2.05) is 6.26 Å². The lowest BCUT2D eigenvalue weighted by molar-refractivity contribution is -0.384. The molecule has 5 nitrogen and oxygen atoms in total. The van der Waals surface area contributed by atoms with Crippen LogP contribution in [0.3, 0.4) is 0 Å². The van der Waals surface area contributed by atoms with E-state index in [1.165, 1.54) is 12.1 Å². The zero-order valence-corrected chi connectivity index (χ0v) is 11.5. The fourth-order valence-electron chi connectivity index (χ4n) is 1.51. The number of aliphatic hydroxyl groups is 1. The second-order valence-corrected chi connectivity index (χ2v) is 5.05. The molecule has 1 rings (SSSR count). The smallest absolute Gasteiger partial charge is 0.271 e. The summed E-state index contributed by atoms with van der Waals surface area (Å²) in [5, 5.41) is 23.0. The van der Waals surface area contributed by atoms with Crippen LogP contribution < -0.4 is 5.32 Å². The molecule has 0 saturated heterocycles. The van der Waals surface area contributed by atoms with E-state index in [-0.39, 0.29) is 18.3 Å². The van der Waals surface area contributed by atoms with Gasteiger partial charge < -0.3 is 10.4 Å². The van der Waals surface area contributed by atoms with Crippen LogP contribution >= 0.6 is 23.4 Å². The molecule has 0 aromatic heterocycles. The number of nitrogens with zero attached hydrogens (tertiary/aromatic N) is 1. The third kappa shape index (κ3) is 4.36. The van der Waals surface area contributed by atoms with Crippen LogP contribution in [0.15, 0.2) is 18.2 Å². The molecule has 1 atom stereocenters. The molecule has 18 heavy (non-hydrogen) atoms. The van der Waals surface area contributed by atoms with Crippen LogP contribution in [-0.4, -0.2) is 34.7 Å². The van der Waals surface area contributed by atoms with Crippen molar-refractivity contribution < 1.29 is 10.0 Å². The Bertz CT molecular complexity index is 411. The summed E-state index contributed by atoms with van der Waals surface area (Å²) in [5.74, 6) is 0.827. The monoisotopic (exact) mass is 290 g/mol. The highest BCUT2D eigenvalue weighted by atomic mass is 35.5. The van der Waals surface area contributed by atoms with Crippen molar-refractivity contribution >= 4 is 34.7 Å². The molecule has 2 N–H and O–H groups in total. The molecule has 0 aliphatic heterocycles. The minimum atomic E-state index is -0.483. The van der Waals surface area contributed by atoms with Crippen LogP contribution in [-0.2, 0) is 0 Å².